The number of halogens is 1. The van der Waals surface area contributed by atoms with Gasteiger partial charge >= 0.3 is 0 Å². The van der Waals surface area contributed by atoms with Crippen LogP contribution in [0.25, 0.3) is 0 Å². The van der Waals surface area contributed by atoms with E-state index < -0.39 is 32.7 Å². The maximum absolute atomic E-state index is 14.1. The zero-order valence-electron chi connectivity index (χ0n) is 17.6. The monoisotopic (exact) mass is 452 g/mol. The van der Waals surface area contributed by atoms with E-state index in [2.05, 4.69) is 5.32 Å². The highest BCUT2D eigenvalue weighted by Gasteiger charge is 2.40. The minimum Gasteiger partial charge on any atom is -0.496 e. The van der Waals surface area contributed by atoms with Crippen LogP contribution >= 0.6 is 0 Å². The fourth-order valence-electron chi connectivity index (χ4n) is 3.60. The molecule has 31 heavy (non-hydrogen) atoms. The van der Waals surface area contributed by atoms with Crippen molar-refractivity contribution < 1.29 is 31.8 Å². The van der Waals surface area contributed by atoms with Crippen molar-refractivity contribution in [1.82, 2.24) is 9.62 Å². The zero-order chi connectivity index (χ0) is 22.6. The van der Waals surface area contributed by atoms with Gasteiger partial charge < -0.3 is 19.5 Å². The molecule has 1 amide bonds. The summed E-state index contributed by atoms with van der Waals surface area (Å²) in [5.74, 6) is 0.127. The molecule has 168 valence electrons. The van der Waals surface area contributed by atoms with Crippen molar-refractivity contribution in [3.05, 3.63) is 47.8 Å². The van der Waals surface area contributed by atoms with Crippen LogP contribution in [0.5, 0.6) is 17.2 Å². The first-order chi connectivity index (χ1) is 14.8. The van der Waals surface area contributed by atoms with Crippen molar-refractivity contribution >= 4 is 15.9 Å². The van der Waals surface area contributed by atoms with Crippen molar-refractivity contribution in [2.24, 2.45) is 0 Å². The SMILES string of the molecule is COc1cc(OC)c(OC)cc1CNC(=O)C1CCCN1S(=O)(=O)c1ccccc1F. The minimum atomic E-state index is -4.14. The van der Waals surface area contributed by atoms with Gasteiger partial charge in [-0.3, -0.25) is 4.79 Å². The van der Waals surface area contributed by atoms with Gasteiger partial charge in [0.2, 0.25) is 15.9 Å². The van der Waals surface area contributed by atoms with Gasteiger partial charge in [0.05, 0.1) is 21.3 Å². The maximum Gasteiger partial charge on any atom is 0.246 e. The molecule has 0 spiro atoms. The summed E-state index contributed by atoms with van der Waals surface area (Å²) in [6.07, 6.45) is 0.855. The van der Waals surface area contributed by atoms with Crippen LogP contribution in [0.4, 0.5) is 4.39 Å². The summed E-state index contributed by atoms with van der Waals surface area (Å²) in [5.41, 5.74) is 0.634. The number of hydrogen-bond donors (Lipinski definition) is 1. The van der Waals surface area contributed by atoms with Gasteiger partial charge in [0.1, 0.15) is 22.5 Å². The predicted octanol–water partition coefficient (Wildman–Crippen LogP) is 2.32. The van der Waals surface area contributed by atoms with E-state index in [1.165, 1.54) is 39.5 Å². The van der Waals surface area contributed by atoms with Gasteiger partial charge in [-0.1, -0.05) is 12.1 Å². The standard InChI is InChI=1S/C21H25FN2O6S/c1-28-17-12-19(30-3)18(29-2)11-14(17)13-23-21(25)16-8-6-10-24(16)31(26,27)20-9-5-4-7-15(20)22/h4-5,7,9,11-12,16H,6,8,10,13H2,1-3H3,(H,23,25). The predicted molar refractivity (Wildman–Crippen MR) is 111 cm³/mol. The highest BCUT2D eigenvalue weighted by Crippen LogP contribution is 2.34. The second-order valence-corrected chi connectivity index (χ2v) is 8.80. The fraction of sp³-hybridized carbons (Fsp3) is 0.381. The van der Waals surface area contributed by atoms with Gasteiger partial charge in [0, 0.05) is 24.7 Å². The number of nitrogens with zero attached hydrogens (tertiary/aromatic N) is 1. The quantitative estimate of drug-likeness (QED) is 0.661. The van der Waals surface area contributed by atoms with Crippen LogP contribution < -0.4 is 19.5 Å². The Kier molecular flexibility index (Phi) is 7.01. The molecular formula is C21H25FN2O6S. The summed E-state index contributed by atoms with van der Waals surface area (Å²) in [4.78, 5) is 12.4. The molecule has 0 saturated carbocycles. The lowest BCUT2D eigenvalue weighted by molar-refractivity contribution is -0.124. The third-order valence-corrected chi connectivity index (χ3v) is 7.11. The lowest BCUT2D eigenvalue weighted by atomic mass is 10.1. The first kappa shape index (κ1) is 22.8. The van der Waals surface area contributed by atoms with E-state index >= 15 is 0 Å². The van der Waals surface area contributed by atoms with Crippen molar-refractivity contribution in [2.75, 3.05) is 27.9 Å². The normalized spacial score (nSPS) is 16.7. The van der Waals surface area contributed by atoms with Crippen molar-refractivity contribution in [3.63, 3.8) is 0 Å². The molecule has 0 aliphatic carbocycles. The van der Waals surface area contributed by atoms with Crippen molar-refractivity contribution in [1.29, 1.82) is 0 Å². The number of rotatable bonds is 8. The molecule has 1 aliphatic heterocycles. The maximum atomic E-state index is 14.1. The van der Waals surface area contributed by atoms with Crippen LogP contribution in [-0.2, 0) is 21.4 Å². The average Bonchev–Trinajstić information content (AvgIpc) is 3.28. The number of sulfonamides is 1. The fourth-order valence-corrected chi connectivity index (χ4v) is 5.32. The smallest absolute Gasteiger partial charge is 0.246 e. The lowest BCUT2D eigenvalue weighted by Gasteiger charge is -2.24. The van der Waals surface area contributed by atoms with Crippen LogP contribution in [0.2, 0.25) is 0 Å². The van der Waals surface area contributed by atoms with Crippen LogP contribution in [0.15, 0.2) is 41.3 Å². The highest BCUT2D eigenvalue weighted by atomic mass is 32.2. The minimum absolute atomic E-state index is 0.0897. The van der Waals surface area contributed by atoms with E-state index in [-0.39, 0.29) is 13.1 Å². The van der Waals surface area contributed by atoms with Gasteiger partial charge in [0.15, 0.2) is 11.5 Å². The molecule has 10 heteroatoms. The summed E-state index contributed by atoms with van der Waals surface area (Å²) >= 11 is 0. The van der Waals surface area contributed by atoms with E-state index in [9.17, 15) is 17.6 Å². The molecule has 1 unspecified atom stereocenters. The molecule has 1 N–H and O–H groups in total. The number of amides is 1. The Morgan fingerprint density at radius 3 is 2.39 bits per heavy atom. The number of ether oxygens (including phenoxy) is 3. The van der Waals surface area contributed by atoms with Gasteiger partial charge in [-0.2, -0.15) is 4.31 Å². The molecule has 8 nitrogen and oxygen atoms in total. The number of nitrogens with one attached hydrogen (secondary N) is 1. The first-order valence-corrected chi connectivity index (χ1v) is 11.1. The Hall–Kier alpha value is -2.85. The second-order valence-electron chi connectivity index (χ2n) is 6.94. The Labute approximate surface area is 181 Å². The Morgan fingerprint density at radius 2 is 1.74 bits per heavy atom. The number of carbonyl (C=O) groups excluding carboxylic acids is 1. The summed E-state index contributed by atoms with van der Waals surface area (Å²) < 4.78 is 57.0. The molecule has 0 bridgehead atoms. The Balaban J connectivity index is 1.79. The molecule has 3 rings (SSSR count). The average molecular weight is 453 g/mol. The van der Waals surface area contributed by atoms with Gasteiger partial charge in [0.25, 0.3) is 0 Å². The number of methoxy groups -OCH3 is 3. The molecule has 0 radical (unpaired) electrons. The molecule has 1 heterocycles. The van der Waals surface area contributed by atoms with E-state index in [0.717, 1.165) is 10.4 Å². The number of benzene rings is 2. The molecule has 1 atom stereocenters. The highest BCUT2D eigenvalue weighted by molar-refractivity contribution is 7.89. The van der Waals surface area contributed by atoms with Crippen LogP contribution in [0.3, 0.4) is 0 Å². The molecular weight excluding hydrogens is 427 g/mol. The molecule has 1 saturated heterocycles. The summed E-state index contributed by atoms with van der Waals surface area (Å²) in [5, 5.41) is 2.76. The van der Waals surface area contributed by atoms with E-state index in [1.54, 1.807) is 12.1 Å². The lowest BCUT2D eigenvalue weighted by Crippen LogP contribution is -2.45. The van der Waals surface area contributed by atoms with E-state index in [0.29, 0.717) is 35.7 Å². The summed E-state index contributed by atoms with van der Waals surface area (Å²) in [7, 11) is 0.350. The molecule has 2 aromatic carbocycles. The largest absolute Gasteiger partial charge is 0.496 e. The third kappa shape index (κ3) is 4.59. The van der Waals surface area contributed by atoms with Crippen LogP contribution in [0.1, 0.15) is 18.4 Å². The number of carbonyl (C=O) groups is 1. The van der Waals surface area contributed by atoms with Crippen LogP contribution in [0, 0.1) is 5.82 Å². The topological polar surface area (TPSA) is 94.2 Å². The zero-order valence-corrected chi connectivity index (χ0v) is 18.4. The first-order valence-electron chi connectivity index (χ1n) is 9.66. The number of hydrogen-bond acceptors (Lipinski definition) is 6. The van der Waals surface area contributed by atoms with Gasteiger partial charge in [-0.15, -0.1) is 0 Å². The Bertz CT molecular complexity index is 1060. The molecule has 0 aromatic heterocycles. The molecule has 2 aromatic rings. The van der Waals surface area contributed by atoms with Gasteiger partial charge in [-0.05, 0) is 31.0 Å². The molecule has 1 aliphatic rings. The van der Waals surface area contributed by atoms with Gasteiger partial charge in [-0.25, -0.2) is 12.8 Å². The van der Waals surface area contributed by atoms with E-state index in [1.807, 2.05) is 0 Å². The molecule has 1 fully saturated rings. The summed E-state index contributed by atoms with van der Waals surface area (Å²) in [6, 6.07) is 7.55. The Morgan fingerprint density at radius 1 is 1.10 bits per heavy atom. The van der Waals surface area contributed by atoms with Crippen molar-refractivity contribution in [2.45, 2.75) is 30.3 Å². The van der Waals surface area contributed by atoms with Crippen molar-refractivity contribution in [3.8, 4) is 17.2 Å². The van der Waals surface area contributed by atoms with E-state index in [4.69, 9.17) is 14.2 Å². The third-order valence-electron chi connectivity index (χ3n) is 5.17. The van der Waals surface area contributed by atoms with Crippen LogP contribution in [-0.4, -0.2) is 52.5 Å². The summed E-state index contributed by atoms with van der Waals surface area (Å²) in [6.45, 7) is 0.237. The second kappa shape index (κ2) is 9.52.